The number of piperazine rings is 1. The Morgan fingerprint density at radius 3 is 2.54 bits per heavy atom. The molecule has 0 aliphatic carbocycles. The van der Waals surface area contributed by atoms with Gasteiger partial charge in [-0.15, -0.1) is 0 Å². The number of benzene rings is 1. The average molecular weight is 361 g/mol. The number of anilines is 1. The molecule has 1 fully saturated rings. The van der Waals surface area contributed by atoms with Gasteiger partial charge in [0.15, 0.2) is 11.5 Å². The molecule has 1 saturated heterocycles. The SMILES string of the molecule is COc1ccc(N2CCN(C(=O)c3ncc(F)cc3F)C(C)C2=O)cc1. The van der Waals surface area contributed by atoms with E-state index < -0.39 is 29.3 Å². The van der Waals surface area contributed by atoms with Crippen molar-refractivity contribution in [1.29, 1.82) is 0 Å². The van der Waals surface area contributed by atoms with Gasteiger partial charge in [0.25, 0.3) is 5.91 Å². The molecule has 0 N–H and O–H groups in total. The van der Waals surface area contributed by atoms with Gasteiger partial charge in [-0.25, -0.2) is 13.8 Å². The fourth-order valence-corrected chi connectivity index (χ4v) is 2.87. The van der Waals surface area contributed by atoms with Gasteiger partial charge in [-0.05, 0) is 31.2 Å². The topological polar surface area (TPSA) is 62.7 Å². The summed E-state index contributed by atoms with van der Waals surface area (Å²) in [5.74, 6) is -2.28. The van der Waals surface area contributed by atoms with Gasteiger partial charge in [0.1, 0.15) is 17.6 Å². The number of carbonyl (C=O) groups is 2. The highest BCUT2D eigenvalue weighted by molar-refractivity contribution is 6.02. The highest BCUT2D eigenvalue weighted by Crippen LogP contribution is 2.24. The lowest BCUT2D eigenvalue weighted by atomic mass is 10.1. The van der Waals surface area contributed by atoms with E-state index in [1.165, 1.54) is 4.90 Å². The molecule has 3 rings (SSSR count). The third kappa shape index (κ3) is 3.22. The Kier molecular flexibility index (Phi) is 4.83. The van der Waals surface area contributed by atoms with Crippen LogP contribution in [0.15, 0.2) is 36.5 Å². The lowest BCUT2D eigenvalue weighted by Crippen LogP contribution is -2.58. The number of carbonyl (C=O) groups excluding carboxylic acids is 2. The molecule has 1 atom stereocenters. The zero-order valence-corrected chi connectivity index (χ0v) is 14.3. The van der Waals surface area contributed by atoms with E-state index in [2.05, 4.69) is 4.98 Å². The molecule has 26 heavy (non-hydrogen) atoms. The zero-order valence-electron chi connectivity index (χ0n) is 14.3. The van der Waals surface area contributed by atoms with Gasteiger partial charge in [-0.2, -0.15) is 0 Å². The van der Waals surface area contributed by atoms with Crippen molar-refractivity contribution in [2.75, 3.05) is 25.1 Å². The summed E-state index contributed by atoms with van der Waals surface area (Å²) in [5.41, 5.74) is 0.185. The molecule has 136 valence electrons. The van der Waals surface area contributed by atoms with Crippen LogP contribution in [0, 0.1) is 11.6 Å². The van der Waals surface area contributed by atoms with Crippen molar-refractivity contribution >= 4 is 17.5 Å². The van der Waals surface area contributed by atoms with Crippen LogP contribution in [0.2, 0.25) is 0 Å². The molecule has 1 aromatic carbocycles. The van der Waals surface area contributed by atoms with Crippen LogP contribution >= 0.6 is 0 Å². The molecule has 2 heterocycles. The van der Waals surface area contributed by atoms with Crippen LogP contribution < -0.4 is 9.64 Å². The van der Waals surface area contributed by atoms with Gasteiger partial charge in [0.05, 0.1) is 13.3 Å². The molecule has 0 spiro atoms. The molecule has 0 bridgehead atoms. The highest BCUT2D eigenvalue weighted by atomic mass is 19.1. The number of halogens is 2. The fraction of sp³-hybridized carbons (Fsp3) is 0.278. The van der Waals surface area contributed by atoms with E-state index in [-0.39, 0.29) is 19.0 Å². The van der Waals surface area contributed by atoms with Gasteiger partial charge in [0, 0.05) is 24.8 Å². The number of hydrogen-bond acceptors (Lipinski definition) is 4. The monoisotopic (exact) mass is 361 g/mol. The van der Waals surface area contributed by atoms with Gasteiger partial charge < -0.3 is 14.5 Å². The summed E-state index contributed by atoms with van der Waals surface area (Å²) in [7, 11) is 1.55. The standard InChI is InChI=1S/C18H17F2N3O3/c1-11-17(24)23(13-3-5-14(26-2)6-4-13)8-7-22(11)18(25)16-15(20)9-12(19)10-21-16/h3-6,9-11H,7-8H2,1-2H3. The summed E-state index contributed by atoms with van der Waals surface area (Å²) >= 11 is 0. The Morgan fingerprint density at radius 2 is 1.92 bits per heavy atom. The molecule has 0 saturated carbocycles. The largest absolute Gasteiger partial charge is 0.497 e. The number of methoxy groups -OCH3 is 1. The Labute approximate surface area is 149 Å². The Balaban J connectivity index is 1.79. The lowest BCUT2D eigenvalue weighted by molar-refractivity contribution is -0.124. The van der Waals surface area contributed by atoms with E-state index in [1.54, 1.807) is 43.2 Å². The van der Waals surface area contributed by atoms with Gasteiger partial charge >= 0.3 is 0 Å². The van der Waals surface area contributed by atoms with E-state index in [4.69, 9.17) is 4.74 Å². The second-order valence-corrected chi connectivity index (χ2v) is 5.85. The molecule has 8 heteroatoms. The molecular weight excluding hydrogens is 344 g/mol. The zero-order chi connectivity index (χ0) is 18.8. The summed E-state index contributed by atoms with van der Waals surface area (Å²) in [5, 5.41) is 0. The van der Waals surface area contributed by atoms with E-state index in [1.807, 2.05) is 0 Å². The molecular formula is C18H17F2N3O3. The molecule has 0 radical (unpaired) electrons. The van der Waals surface area contributed by atoms with E-state index >= 15 is 0 Å². The van der Waals surface area contributed by atoms with Crippen LogP contribution in [0.1, 0.15) is 17.4 Å². The molecule has 1 aliphatic heterocycles. The number of amides is 2. The van der Waals surface area contributed by atoms with Crippen LogP contribution in [0.3, 0.4) is 0 Å². The van der Waals surface area contributed by atoms with Gasteiger partial charge in [0.2, 0.25) is 5.91 Å². The van der Waals surface area contributed by atoms with E-state index in [0.717, 1.165) is 6.20 Å². The number of ether oxygens (including phenoxy) is 1. The van der Waals surface area contributed by atoms with Crippen molar-refractivity contribution in [1.82, 2.24) is 9.88 Å². The van der Waals surface area contributed by atoms with Crippen molar-refractivity contribution in [2.45, 2.75) is 13.0 Å². The third-order valence-corrected chi connectivity index (χ3v) is 4.31. The van der Waals surface area contributed by atoms with Crippen LogP contribution in [0.5, 0.6) is 5.75 Å². The van der Waals surface area contributed by atoms with Crippen LogP contribution in [-0.4, -0.2) is 47.9 Å². The fourth-order valence-electron chi connectivity index (χ4n) is 2.87. The van der Waals surface area contributed by atoms with Gasteiger partial charge in [-0.1, -0.05) is 0 Å². The predicted molar refractivity (Wildman–Crippen MR) is 90.0 cm³/mol. The minimum absolute atomic E-state index is 0.205. The van der Waals surface area contributed by atoms with Crippen LogP contribution in [0.4, 0.5) is 14.5 Å². The summed E-state index contributed by atoms with van der Waals surface area (Å²) in [6, 6.07) is 6.78. The molecule has 6 nitrogen and oxygen atoms in total. The molecule has 1 aromatic heterocycles. The van der Waals surface area contributed by atoms with Crippen molar-refractivity contribution in [3.05, 3.63) is 53.9 Å². The summed E-state index contributed by atoms with van der Waals surface area (Å²) in [6.07, 6.45) is 0.774. The normalized spacial score (nSPS) is 17.4. The molecule has 1 aliphatic rings. The second-order valence-electron chi connectivity index (χ2n) is 5.85. The van der Waals surface area contributed by atoms with Crippen LogP contribution in [-0.2, 0) is 4.79 Å². The minimum atomic E-state index is -1.05. The van der Waals surface area contributed by atoms with Crippen molar-refractivity contribution in [3.8, 4) is 5.75 Å². The number of rotatable bonds is 3. The van der Waals surface area contributed by atoms with Crippen molar-refractivity contribution in [3.63, 3.8) is 0 Å². The van der Waals surface area contributed by atoms with Crippen LogP contribution in [0.25, 0.3) is 0 Å². The smallest absolute Gasteiger partial charge is 0.276 e. The van der Waals surface area contributed by atoms with Gasteiger partial charge in [-0.3, -0.25) is 9.59 Å². The number of nitrogens with zero attached hydrogens (tertiary/aromatic N) is 3. The number of aromatic nitrogens is 1. The second kappa shape index (κ2) is 7.07. The Bertz CT molecular complexity index is 842. The lowest BCUT2D eigenvalue weighted by Gasteiger charge is -2.39. The first-order chi connectivity index (χ1) is 12.4. The third-order valence-electron chi connectivity index (χ3n) is 4.31. The molecule has 1 unspecified atom stereocenters. The van der Waals surface area contributed by atoms with Crippen molar-refractivity contribution in [2.24, 2.45) is 0 Å². The molecule has 2 amide bonds. The maximum atomic E-state index is 13.8. The summed E-state index contributed by atoms with van der Waals surface area (Å²) < 4.78 is 31.9. The maximum Gasteiger partial charge on any atom is 0.276 e. The highest BCUT2D eigenvalue weighted by Gasteiger charge is 2.36. The van der Waals surface area contributed by atoms with Crippen molar-refractivity contribution < 1.29 is 23.1 Å². The number of pyridine rings is 1. The van der Waals surface area contributed by atoms with E-state index in [0.29, 0.717) is 17.5 Å². The first-order valence-corrected chi connectivity index (χ1v) is 8.00. The first-order valence-electron chi connectivity index (χ1n) is 8.00. The summed E-state index contributed by atoms with van der Waals surface area (Å²) in [6.45, 7) is 2.03. The average Bonchev–Trinajstić information content (AvgIpc) is 2.63. The Morgan fingerprint density at radius 1 is 1.23 bits per heavy atom. The van der Waals surface area contributed by atoms with E-state index in [9.17, 15) is 18.4 Å². The quantitative estimate of drug-likeness (QED) is 0.841. The maximum absolute atomic E-state index is 13.8. The first kappa shape index (κ1) is 17.8. The predicted octanol–water partition coefficient (Wildman–Crippen LogP) is 2.25. The summed E-state index contributed by atoms with van der Waals surface area (Å²) in [4.78, 5) is 31.5. The molecule has 2 aromatic rings. The Hall–Kier alpha value is -3.03. The minimum Gasteiger partial charge on any atom is -0.497 e. The number of hydrogen-bond donors (Lipinski definition) is 0.